The van der Waals surface area contributed by atoms with Crippen LogP contribution in [0.3, 0.4) is 0 Å². The molecule has 0 amide bonds. The second kappa shape index (κ2) is 2.85. The minimum absolute atomic E-state index is 0.169. The molecule has 0 fully saturated rings. The first kappa shape index (κ1) is 5.63. The van der Waals surface area contributed by atoms with Crippen molar-refractivity contribution in [1.29, 1.82) is 0 Å². The molecule has 0 aliphatic heterocycles. The predicted octanol–water partition coefficient (Wildman–Crippen LogP) is 0.0342. The van der Waals surface area contributed by atoms with E-state index in [4.69, 9.17) is 5.73 Å². The molecule has 0 heterocycles. The molecule has 0 aromatic heterocycles. The maximum atomic E-state index is 5.27. The molecule has 0 saturated carbocycles. The minimum Gasteiger partial charge on any atom is -0.326 e. The Morgan fingerprint density at radius 3 is 2.50 bits per heavy atom. The molecule has 0 radical (unpaired) electrons. The van der Waals surface area contributed by atoms with Gasteiger partial charge in [0.15, 0.2) is 0 Å². The second-order valence-electron chi connectivity index (χ2n) is 1.38. The molecular formula is C4H10N2. The summed E-state index contributed by atoms with van der Waals surface area (Å²) in [5.74, 6) is 0. The molecule has 36 valence electrons. The largest absolute Gasteiger partial charge is 0.326 e. The van der Waals surface area contributed by atoms with Gasteiger partial charge in [-0.15, -0.1) is 0 Å². The molecule has 0 aromatic carbocycles. The topological polar surface area (TPSA) is 38.4 Å². The summed E-state index contributed by atoms with van der Waals surface area (Å²) >= 11 is 0. The normalized spacial score (nSPS) is 13.7. The predicted molar refractivity (Wildman–Crippen MR) is 28.1 cm³/mol. The van der Waals surface area contributed by atoms with E-state index in [0.717, 1.165) is 0 Å². The van der Waals surface area contributed by atoms with E-state index in [2.05, 4.69) is 11.7 Å². The fourth-order valence-corrected chi connectivity index (χ4v) is 0.204. The van der Waals surface area contributed by atoms with Crippen molar-refractivity contribution in [2.45, 2.75) is 13.0 Å². The molecular weight excluding hydrogens is 76.1 g/mol. The lowest BCUT2D eigenvalue weighted by molar-refractivity contribution is 0.757. The van der Waals surface area contributed by atoms with E-state index >= 15 is 0 Å². The van der Waals surface area contributed by atoms with E-state index in [1.165, 1.54) is 0 Å². The molecule has 1 unspecified atom stereocenters. The zero-order valence-electron chi connectivity index (χ0n) is 4.02. The van der Waals surface area contributed by atoms with Gasteiger partial charge in [-0.3, -0.25) is 4.99 Å². The van der Waals surface area contributed by atoms with Crippen molar-refractivity contribution in [2.75, 3.05) is 6.54 Å². The van der Waals surface area contributed by atoms with Crippen LogP contribution in [-0.4, -0.2) is 19.3 Å². The van der Waals surface area contributed by atoms with Crippen molar-refractivity contribution in [2.24, 2.45) is 10.7 Å². The number of hydrogen-bond donors (Lipinski definition) is 1. The lowest BCUT2D eigenvalue weighted by atomic mass is 10.4. The quantitative estimate of drug-likeness (QED) is 0.473. The van der Waals surface area contributed by atoms with Crippen molar-refractivity contribution in [3.05, 3.63) is 0 Å². The fourth-order valence-electron chi connectivity index (χ4n) is 0.204. The average Bonchev–Trinajstić information content (AvgIpc) is 1.35. The standard InChI is InChI=1S/C4H10N2/c1-4(5)3-6-2/h4H,2-3,5H2,1H3. The monoisotopic (exact) mass is 86.1 g/mol. The molecule has 0 aromatic rings. The molecule has 0 saturated heterocycles. The van der Waals surface area contributed by atoms with E-state index in [1.54, 1.807) is 0 Å². The lowest BCUT2D eigenvalue weighted by Crippen LogP contribution is -2.17. The summed E-state index contributed by atoms with van der Waals surface area (Å²) in [6, 6.07) is 0.169. The molecule has 2 N–H and O–H groups in total. The van der Waals surface area contributed by atoms with Gasteiger partial charge < -0.3 is 5.73 Å². The number of hydrogen-bond acceptors (Lipinski definition) is 2. The van der Waals surface area contributed by atoms with Crippen molar-refractivity contribution in [3.63, 3.8) is 0 Å². The SMILES string of the molecule is C=NCC(C)N. The first-order chi connectivity index (χ1) is 2.77. The Morgan fingerprint density at radius 1 is 2.00 bits per heavy atom. The molecule has 0 spiro atoms. The second-order valence-corrected chi connectivity index (χ2v) is 1.38. The van der Waals surface area contributed by atoms with Crippen molar-refractivity contribution >= 4 is 6.72 Å². The highest BCUT2D eigenvalue weighted by Crippen LogP contribution is 1.70. The maximum Gasteiger partial charge on any atom is 0.0530 e. The molecule has 2 nitrogen and oxygen atoms in total. The Morgan fingerprint density at radius 2 is 2.50 bits per heavy atom. The third-order valence-electron chi connectivity index (χ3n) is 0.417. The van der Waals surface area contributed by atoms with Crippen molar-refractivity contribution in [3.8, 4) is 0 Å². The number of nitrogens with zero attached hydrogens (tertiary/aromatic N) is 1. The van der Waals surface area contributed by atoms with Gasteiger partial charge in [0.25, 0.3) is 0 Å². The van der Waals surface area contributed by atoms with Crippen LogP contribution in [0.25, 0.3) is 0 Å². The molecule has 1 atom stereocenters. The zero-order valence-corrected chi connectivity index (χ0v) is 4.02. The van der Waals surface area contributed by atoms with Crippen LogP contribution in [0.2, 0.25) is 0 Å². The summed E-state index contributed by atoms with van der Waals surface area (Å²) in [6.07, 6.45) is 0. The van der Waals surface area contributed by atoms with Crippen LogP contribution < -0.4 is 5.73 Å². The van der Waals surface area contributed by atoms with Crippen LogP contribution in [0.5, 0.6) is 0 Å². The highest BCUT2D eigenvalue weighted by molar-refractivity contribution is 5.23. The average molecular weight is 86.1 g/mol. The van der Waals surface area contributed by atoms with Crippen LogP contribution in [0, 0.1) is 0 Å². The number of nitrogens with two attached hydrogens (primary N) is 1. The first-order valence-corrected chi connectivity index (χ1v) is 1.95. The van der Waals surface area contributed by atoms with E-state index in [9.17, 15) is 0 Å². The molecule has 0 rings (SSSR count). The molecule has 0 aliphatic carbocycles. The van der Waals surface area contributed by atoms with E-state index < -0.39 is 0 Å². The number of aliphatic imine (C=N–C) groups is 1. The van der Waals surface area contributed by atoms with Gasteiger partial charge in [0, 0.05) is 6.04 Å². The Hall–Kier alpha value is -0.370. The van der Waals surface area contributed by atoms with Gasteiger partial charge in [-0.25, -0.2) is 0 Å². The summed E-state index contributed by atoms with van der Waals surface area (Å²) in [5.41, 5.74) is 5.27. The van der Waals surface area contributed by atoms with E-state index in [0.29, 0.717) is 6.54 Å². The number of rotatable bonds is 2. The maximum absolute atomic E-state index is 5.27. The highest BCUT2D eigenvalue weighted by Gasteiger charge is 1.83. The van der Waals surface area contributed by atoms with Crippen molar-refractivity contribution in [1.82, 2.24) is 0 Å². The Balaban J connectivity index is 2.81. The van der Waals surface area contributed by atoms with Gasteiger partial charge in [-0.2, -0.15) is 0 Å². The first-order valence-electron chi connectivity index (χ1n) is 1.95. The Bertz CT molecular complexity index is 40.8. The van der Waals surface area contributed by atoms with Gasteiger partial charge in [0.2, 0.25) is 0 Å². The van der Waals surface area contributed by atoms with Crippen LogP contribution in [0.1, 0.15) is 6.92 Å². The van der Waals surface area contributed by atoms with Gasteiger partial charge in [0.05, 0.1) is 6.54 Å². The third kappa shape index (κ3) is 3.63. The Kier molecular flexibility index (Phi) is 2.67. The van der Waals surface area contributed by atoms with Crippen LogP contribution in [-0.2, 0) is 0 Å². The fraction of sp³-hybridized carbons (Fsp3) is 0.750. The summed E-state index contributed by atoms with van der Waals surface area (Å²) in [5, 5.41) is 0. The zero-order chi connectivity index (χ0) is 4.99. The van der Waals surface area contributed by atoms with Crippen LogP contribution in [0.4, 0.5) is 0 Å². The molecule has 0 aliphatic rings. The molecule has 6 heavy (non-hydrogen) atoms. The van der Waals surface area contributed by atoms with E-state index in [1.807, 2.05) is 6.92 Å². The van der Waals surface area contributed by atoms with Gasteiger partial charge in [0.1, 0.15) is 0 Å². The smallest absolute Gasteiger partial charge is 0.0530 e. The summed E-state index contributed by atoms with van der Waals surface area (Å²) in [4.78, 5) is 3.56. The van der Waals surface area contributed by atoms with Crippen molar-refractivity contribution < 1.29 is 0 Å². The highest BCUT2D eigenvalue weighted by atomic mass is 14.8. The van der Waals surface area contributed by atoms with Crippen LogP contribution >= 0.6 is 0 Å². The molecule has 0 bridgehead atoms. The van der Waals surface area contributed by atoms with Gasteiger partial charge in [-0.05, 0) is 13.6 Å². The lowest BCUT2D eigenvalue weighted by Gasteiger charge is -1.93. The third-order valence-corrected chi connectivity index (χ3v) is 0.417. The summed E-state index contributed by atoms with van der Waals surface area (Å²) in [7, 11) is 0. The van der Waals surface area contributed by atoms with Gasteiger partial charge >= 0.3 is 0 Å². The summed E-state index contributed by atoms with van der Waals surface area (Å²) < 4.78 is 0. The minimum atomic E-state index is 0.169. The van der Waals surface area contributed by atoms with E-state index in [-0.39, 0.29) is 6.04 Å². The molecule has 2 heteroatoms. The van der Waals surface area contributed by atoms with Gasteiger partial charge in [-0.1, -0.05) is 0 Å². The Labute approximate surface area is 38.1 Å². The summed E-state index contributed by atoms with van der Waals surface area (Å²) in [6.45, 7) is 5.84. The van der Waals surface area contributed by atoms with Crippen LogP contribution in [0.15, 0.2) is 4.99 Å².